The first kappa shape index (κ1) is 30.4. The minimum atomic E-state index is -7.43. The SMILES string of the molecule is CCCCCCCCc1ccc[n+](C)c1.O=S(=O)([O-])C(F)(F)C(F)(F)C(F)(F)C(F)(F)F. The molecule has 1 aromatic heterocycles. The second-order valence-corrected chi connectivity index (χ2v) is 8.43. The molecule has 0 spiro atoms. The Balaban J connectivity index is 0.000000604. The third-order valence-electron chi connectivity index (χ3n) is 4.25. The topological polar surface area (TPSA) is 61.1 Å². The number of aromatic nitrogens is 1. The molecule has 0 saturated carbocycles. The van der Waals surface area contributed by atoms with Gasteiger partial charge in [-0.1, -0.05) is 39.0 Å². The fraction of sp³-hybridized carbons (Fsp3) is 0.722. The summed E-state index contributed by atoms with van der Waals surface area (Å²) >= 11 is 0. The van der Waals surface area contributed by atoms with E-state index < -0.39 is 33.4 Å². The van der Waals surface area contributed by atoms with Crippen molar-refractivity contribution in [2.24, 2.45) is 7.05 Å². The zero-order valence-corrected chi connectivity index (χ0v) is 18.1. The largest absolute Gasteiger partial charge is 0.743 e. The van der Waals surface area contributed by atoms with Crippen molar-refractivity contribution in [2.45, 2.75) is 75.1 Å². The van der Waals surface area contributed by atoms with Gasteiger partial charge in [0.05, 0.1) is 0 Å². The van der Waals surface area contributed by atoms with Gasteiger partial charge >= 0.3 is 23.3 Å². The predicted octanol–water partition coefficient (Wildman–Crippen LogP) is 5.37. The Morgan fingerprint density at radius 1 is 0.875 bits per heavy atom. The molecule has 0 atom stereocenters. The molecule has 4 nitrogen and oxygen atoms in total. The summed E-state index contributed by atoms with van der Waals surface area (Å²) < 4.78 is 138. The van der Waals surface area contributed by atoms with Crippen LogP contribution in [-0.2, 0) is 23.6 Å². The molecule has 1 rings (SSSR count). The van der Waals surface area contributed by atoms with E-state index in [2.05, 4.69) is 43.1 Å². The Hall–Kier alpha value is -1.57. The normalized spacial score (nSPS) is 13.5. The standard InChI is InChI=1S/C14H24N.C4HF9O3S/c1-3-4-5-6-7-8-10-14-11-9-12-15(2)13-14;5-1(6,3(9,10)11)2(7,8)4(12,13)17(14,15)16/h9,11-13H,3-8,10H2,1-2H3;(H,14,15,16)/q+1;/p-1. The number of alkyl halides is 9. The molecule has 0 fully saturated rings. The van der Waals surface area contributed by atoms with Crippen LogP contribution in [0.4, 0.5) is 39.5 Å². The second-order valence-electron chi connectivity index (χ2n) is 7.01. The van der Waals surface area contributed by atoms with Crippen molar-refractivity contribution in [3.8, 4) is 0 Å². The minimum Gasteiger partial charge on any atom is -0.743 e. The Bertz CT molecular complexity index is 812. The maximum atomic E-state index is 12.2. The Morgan fingerprint density at radius 2 is 1.38 bits per heavy atom. The highest BCUT2D eigenvalue weighted by Crippen LogP contribution is 2.54. The lowest BCUT2D eigenvalue weighted by Gasteiger charge is -2.34. The van der Waals surface area contributed by atoms with Crippen molar-refractivity contribution in [3.63, 3.8) is 0 Å². The first-order valence-electron chi connectivity index (χ1n) is 9.42. The van der Waals surface area contributed by atoms with E-state index in [0.717, 1.165) is 0 Å². The molecule has 32 heavy (non-hydrogen) atoms. The van der Waals surface area contributed by atoms with Gasteiger partial charge in [0.2, 0.25) is 0 Å². The summed E-state index contributed by atoms with van der Waals surface area (Å²) in [4.78, 5) is 0. The van der Waals surface area contributed by atoms with Crippen LogP contribution >= 0.6 is 0 Å². The highest BCUT2D eigenvalue weighted by Gasteiger charge is 2.83. The van der Waals surface area contributed by atoms with E-state index in [4.69, 9.17) is 0 Å². The quantitative estimate of drug-likeness (QED) is 0.186. The van der Waals surface area contributed by atoms with Crippen LogP contribution in [-0.4, -0.2) is 36.2 Å². The summed E-state index contributed by atoms with van der Waals surface area (Å²) in [5.41, 5.74) is 1.47. The van der Waals surface area contributed by atoms with Crippen LogP contribution in [0.25, 0.3) is 0 Å². The van der Waals surface area contributed by atoms with E-state index in [9.17, 15) is 52.5 Å². The van der Waals surface area contributed by atoms with Crippen LogP contribution in [0, 0.1) is 0 Å². The van der Waals surface area contributed by atoms with Gasteiger partial charge in [-0.25, -0.2) is 13.0 Å². The zero-order valence-electron chi connectivity index (χ0n) is 17.2. The van der Waals surface area contributed by atoms with Crippen molar-refractivity contribution < 1.29 is 57.1 Å². The Kier molecular flexibility index (Phi) is 11.0. The van der Waals surface area contributed by atoms with E-state index in [1.54, 1.807) is 0 Å². The van der Waals surface area contributed by atoms with Gasteiger partial charge < -0.3 is 4.55 Å². The molecule has 1 heterocycles. The summed E-state index contributed by atoms with van der Waals surface area (Å²) in [6.07, 6.45) is 6.69. The molecular formula is C18H24F9NO3S. The lowest BCUT2D eigenvalue weighted by molar-refractivity contribution is -0.671. The highest BCUT2D eigenvalue weighted by molar-refractivity contribution is 7.86. The zero-order chi connectivity index (χ0) is 25.4. The molecule has 0 aromatic carbocycles. The van der Waals surface area contributed by atoms with Crippen LogP contribution < -0.4 is 4.57 Å². The van der Waals surface area contributed by atoms with Crippen LogP contribution in [0.3, 0.4) is 0 Å². The Labute approximate surface area is 180 Å². The molecule has 0 saturated heterocycles. The van der Waals surface area contributed by atoms with Crippen LogP contribution in [0.5, 0.6) is 0 Å². The highest BCUT2D eigenvalue weighted by atomic mass is 32.2. The summed E-state index contributed by atoms with van der Waals surface area (Å²) in [7, 11) is -5.33. The maximum Gasteiger partial charge on any atom is 0.460 e. The van der Waals surface area contributed by atoms with Crippen molar-refractivity contribution in [2.75, 3.05) is 0 Å². The number of unbranched alkanes of at least 4 members (excludes halogenated alkanes) is 5. The van der Waals surface area contributed by atoms with Crippen molar-refractivity contribution in [1.82, 2.24) is 0 Å². The molecule has 0 N–H and O–H groups in total. The minimum absolute atomic E-state index is 1.24. The molecule has 1 aromatic rings. The first-order valence-corrected chi connectivity index (χ1v) is 10.8. The van der Waals surface area contributed by atoms with Crippen LogP contribution in [0.2, 0.25) is 0 Å². The number of hydrogen-bond donors (Lipinski definition) is 0. The summed E-state index contributed by atoms with van der Waals surface area (Å²) in [5, 5.41) is -7.11. The molecule has 0 aliphatic rings. The monoisotopic (exact) mass is 505 g/mol. The first-order chi connectivity index (χ1) is 14.3. The van der Waals surface area contributed by atoms with Gasteiger partial charge in [-0.2, -0.15) is 39.5 Å². The van der Waals surface area contributed by atoms with Gasteiger partial charge in [-0.05, 0) is 18.9 Å². The molecule has 0 aliphatic carbocycles. The third-order valence-corrected chi connectivity index (χ3v) is 5.13. The fourth-order valence-corrected chi connectivity index (χ4v) is 2.87. The number of aryl methyl sites for hydroxylation is 2. The van der Waals surface area contributed by atoms with Crippen LogP contribution in [0.1, 0.15) is 51.0 Å². The number of nitrogens with zero attached hydrogens (tertiary/aromatic N) is 1. The number of rotatable bonds is 10. The van der Waals surface area contributed by atoms with Gasteiger partial charge in [0, 0.05) is 11.6 Å². The van der Waals surface area contributed by atoms with Crippen molar-refractivity contribution >= 4 is 10.1 Å². The molecule has 0 bridgehead atoms. The number of pyridine rings is 1. The van der Waals surface area contributed by atoms with E-state index in [1.165, 1.54) is 50.5 Å². The van der Waals surface area contributed by atoms with Crippen molar-refractivity contribution in [1.29, 1.82) is 0 Å². The number of halogens is 9. The van der Waals surface area contributed by atoms with Crippen molar-refractivity contribution in [3.05, 3.63) is 30.1 Å². The fourth-order valence-electron chi connectivity index (χ4n) is 2.43. The molecule has 14 heteroatoms. The molecule has 0 aliphatic heterocycles. The maximum absolute atomic E-state index is 12.2. The van der Waals surface area contributed by atoms with Gasteiger partial charge in [0.25, 0.3) is 0 Å². The van der Waals surface area contributed by atoms with E-state index in [0.29, 0.717) is 0 Å². The number of hydrogen-bond acceptors (Lipinski definition) is 3. The smallest absolute Gasteiger partial charge is 0.460 e. The van der Waals surface area contributed by atoms with Gasteiger partial charge in [-0.3, -0.25) is 0 Å². The molecular weight excluding hydrogens is 481 g/mol. The lowest BCUT2D eigenvalue weighted by atomic mass is 10.1. The second kappa shape index (κ2) is 11.5. The summed E-state index contributed by atoms with van der Waals surface area (Å²) in [5.74, 6) is -14.8. The lowest BCUT2D eigenvalue weighted by Crippen LogP contribution is -2.63. The average Bonchev–Trinajstić information content (AvgIpc) is 2.63. The molecule has 188 valence electrons. The van der Waals surface area contributed by atoms with E-state index in [1.807, 2.05) is 0 Å². The molecule has 0 amide bonds. The van der Waals surface area contributed by atoms with Gasteiger partial charge in [0.15, 0.2) is 22.5 Å². The summed E-state index contributed by atoms with van der Waals surface area (Å²) in [6.45, 7) is 2.27. The van der Waals surface area contributed by atoms with Gasteiger partial charge in [-0.15, -0.1) is 0 Å². The third kappa shape index (κ3) is 7.78. The summed E-state index contributed by atoms with van der Waals surface area (Å²) in [6, 6.07) is 4.36. The average molecular weight is 505 g/mol. The van der Waals surface area contributed by atoms with Crippen LogP contribution in [0.15, 0.2) is 24.5 Å². The predicted molar refractivity (Wildman–Crippen MR) is 95.3 cm³/mol. The molecule has 0 radical (unpaired) electrons. The molecule has 0 unspecified atom stereocenters. The Morgan fingerprint density at radius 3 is 1.81 bits per heavy atom. The van der Waals surface area contributed by atoms with E-state index in [-0.39, 0.29) is 0 Å². The van der Waals surface area contributed by atoms with E-state index >= 15 is 0 Å². The van der Waals surface area contributed by atoms with Gasteiger partial charge in [0.1, 0.15) is 7.05 Å².